The summed E-state index contributed by atoms with van der Waals surface area (Å²) in [6.07, 6.45) is 5.84. The molecule has 1 heterocycles. The maximum absolute atomic E-state index is 12.2. The Morgan fingerprint density at radius 3 is 2.72 bits per heavy atom. The first-order valence-electron chi connectivity index (χ1n) is 6.67. The largest absolute Gasteiger partial charge is 0.347 e. The number of hydrogen-bond donors (Lipinski definition) is 1. The molecular formula is C14H15BrN2O. The second kappa shape index (κ2) is 3.80. The Morgan fingerprint density at radius 1 is 1.33 bits per heavy atom. The molecule has 0 saturated heterocycles. The summed E-state index contributed by atoms with van der Waals surface area (Å²) in [5, 5.41) is 3.18. The third-order valence-electron chi connectivity index (χ3n) is 5.01. The molecule has 4 heteroatoms. The first kappa shape index (κ1) is 11.0. The molecule has 4 atom stereocenters. The zero-order valence-corrected chi connectivity index (χ0v) is 11.6. The van der Waals surface area contributed by atoms with E-state index < -0.39 is 0 Å². The third kappa shape index (κ3) is 1.48. The van der Waals surface area contributed by atoms with Gasteiger partial charge < -0.3 is 5.32 Å². The summed E-state index contributed by atoms with van der Waals surface area (Å²) >= 11 is 3.38. The number of carbonyl (C=O) groups is 1. The van der Waals surface area contributed by atoms with Gasteiger partial charge in [0.1, 0.15) is 5.69 Å². The average molecular weight is 307 g/mol. The Hall–Kier alpha value is -0.900. The lowest BCUT2D eigenvalue weighted by molar-refractivity contribution is 0.0938. The molecule has 1 amide bonds. The van der Waals surface area contributed by atoms with Crippen molar-refractivity contribution in [2.75, 3.05) is 0 Å². The Kier molecular flexibility index (Phi) is 2.31. The number of rotatable bonds is 2. The number of pyridine rings is 1. The van der Waals surface area contributed by atoms with E-state index in [1.807, 2.05) is 12.1 Å². The maximum atomic E-state index is 12.2. The predicted octanol–water partition coefficient (Wildman–Crippen LogP) is 2.62. The second-order valence-corrected chi connectivity index (χ2v) is 6.68. The van der Waals surface area contributed by atoms with Crippen LogP contribution in [-0.4, -0.2) is 16.9 Å². The van der Waals surface area contributed by atoms with Gasteiger partial charge in [-0.05, 0) is 71.0 Å². The quantitative estimate of drug-likeness (QED) is 0.912. The number of aromatic nitrogens is 1. The number of amides is 1. The molecule has 1 N–H and O–H groups in total. The van der Waals surface area contributed by atoms with E-state index in [1.165, 1.54) is 19.3 Å². The minimum atomic E-state index is -0.0266. The summed E-state index contributed by atoms with van der Waals surface area (Å²) < 4.78 is 0.774. The molecule has 2 bridgehead atoms. The SMILES string of the molecule is O=C(NC1C2C3CCC(C3)C12)c1ncccc1Br. The minimum absolute atomic E-state index is 0.0266. The molecule has 3 aliphatic carbocycles. The van der Waals surface area contributed by atoms with Crippen LogP contribution in [-0.2, 0) is 0 Å². The van der Waals surface area contributed by atoms with Gasteiger partial charge in [0.2, 0.25) is 0 Å². The van der Waals surface area contributed by atoms with E-state index in [0.29, 0.717) is 11.7 Å². The molecule has 3 nitrogen and oxygen atoms in total. The fraction of sp³-hybridized carbons (Fsp3) is 0.571. The highest BCUT2D eigenvalue weighted by Gasteiger charge is 2.65. The van der Waals surface area contributed by atoms with E-state index in [0.717, 1.165) is 28.1 Å². The molecule has 1 aromatic rings. The summed E-state index contributed by atoms with van der Waals surface area (Å²) in [7, 11) is 0. The normalized spacial score (nSPS) is 39.5. The van der Waals surface area contributed by atoms with Crippen LogP contribution in [0.2, 0.25) is 0 Å². The van der Waals surface area contributed by atoms with Crippen LogP contribution in [0.3, 0.4) is 0 Å². The zero-order chi connectivity index (χ0) is 12.3. The van der Waals surface area contributed by atoms with Gasteiger partial charge in [-0.2, -0.15) is 0 Å². The van der Waals surface area contributed by atoms with Crippen molar-refractivity contribution in [2.24, 2.45) is 23.7 Å². The fourth-order valence-electron chi connectivity index (χ4n) is 4.29. The third-order valence-corrected chi connectivity index (χ3v) is 5.65. The number of carbonyl (C=O) groups excluding carboxylic acids is 1. The van der Waals surface area contributed by atoms with Crippen LogP contribution in [0.15, 0.2) is 22.8 Å². The van der Waals surface area contributed by atoms with Gasteiger partial charge in [-0.15, -0.1) is 0 Å². The molecular weight excluding hydrogens is 292 g/mol. The van der Waals surface area contributed by atoms with E-state index in [2.05, 4.69) is 26.2 Å². The Balaban J connectivity index is 1.48. The van der Waals surface area contributed by atoms with Crippen molar-refractivity contribution in [3.63, 3.8) is 0 Å². The van der Waals surface area contributed by atoms with Gasteiger partial charge in [0.25, 0.3) is 5.91 Å². The summed E-state index contributed by atoms with van der Waals surface area (Å²) in [5.74, 6) is 3.29. The monoisotopic (exact) mass is 306 g/mol. The van der Waals surface area contributed by atoms with Crippen molar-refractivity contribution in [2.45, 2.75) is 25.3 Å². The number of hydrogen-bond acceptors (Lipinski definition) is 2. The lowest BCUT2D eigenvalue weighted by Crippen LogP contribution is -2.30. The highest BCUT2D eigenvalue weighted by molar-refractivity contribution is 9.10. The smallest absolute Gasteiger partial charge is 0.271 e. The topological polar surface area (TPSA) is 42.0 Å². The second-order valence-electron chi connectivity index (χ2n) is 5.82. The molecule has 3 aliphatic rings. The first-order valence-corrected chi connectivity index (χ1v) is 7.46. The highest BCUT2D eigenvalue weighted by atomic mass is 79.9. The minimum Gasteiger partial charge on any atom is -0.347 e. The number of halogens is 1. The molecule has 0 radical (unpaired) electrons. The van der Waals surface area contributed by atoms with Crippen molar-refractivity contribution in [1.29, 1.82) is 0 Å². The summed E-state index contributed by atoms with van der Waals surface area (Å²) in [4.78, 5) is 16.3. The predicted molar refractivity (Wildman–Crippen MR) is 71.0 cm³/mol. The van der Waals surface area contributed by atoms with Gasteiger partial charge >= 0.3 is 0 Å². The molecule has 0 aromatic carbocycles. The van der Waals surface area contributed by atoms with Crippen LogP contribution in [0.25, 0.3) is 0 Å². The molecule has 3 saturated carbocycles. The van der Waals surface area contributed by atoms with Crippen molar-refractivity contribution in [3.8, 4) is 0 Å². The van der Waals surface area contributed by atoms with Crippen LogP contribution in [0, 0.1) is 23.7 Å². The molecule has 0 spiro atoms. The summed E-state index contributed by atoms with van der Waals surface area (Å²) in [6, 6.07) is 4.12. The van der Waals surface area contributed by atoms with E-state index in [1.54, 1.807) is 6.20 Å². The number of fused-ring (bicyclic) bond motifs is 5. The van der Waals surface area contributed by atoms with Crippen LogP contribution < -0.4 is 5.32 Å². The summed E-state index contributed by atoms with van der Waals surface area (Å²) in [6.45, 7) is 0. The van der Waals surface area contributed by atoms with E-state index in [9.17, 15) is 4.79 Å². The fourth-order valence-corrected chi connectivity index (χ4v) is 4.73. The molecule has 0 aliphatic heterocycles. The van der Waals surface area contributed by atoms with Crippen LogP contribution in [0.5, 0.6) is 0 Å². The molecule has 4 unspecified atom stereocenters. The molecule has 18 heavy (non-hydrogen) atoms. The molecule has 4 rings (SSSR count). The van der Waals surface area contributed by atoms with Crippen LogP contribution in [0.1, 0.15) is 29.8 Å². The molecule has 1 aromatic heterocycles. The first-order chi connectivity index (χ1) is 8.75. The lowest BCUT2D eigenvalue weighted by atomic mass is 10.0. The molecule has 94 valence electrons. The Bertz CT molecular complexity index is 502. The number of nitrogens with zero attached hydrogens (tertiary/aromatic N) is 1. The van der Waals surface area contributed by atoms with Crippen molar-refractivity contribution in [1.82, 2.24) is 10.3 Å². The van der Waals surface area contributed by atoms with Gasteiger partial charge in [0.15, 0.2) is 0 Å². The van der Waals surface area contributed by atoms with Gasteiger partial charge in [-0.25, -0.2) is 4.98 Å². The van der Waals surface area contributed by atoms with E-state index in [4.69, 9.17) is 0 Å². The lowest BCUT2D eigenvalue weighted by Gasteiger charge is -2.10. The van der Waals surface area contributed by atoms with Crippen LogP contribution >= 0.6 is 15.9 Å². The molecule has 3 fully saturated rings. The highest BCUT2D eigenvalue weighted by Crippen LogP contribution is 2.65. The Morgan fingerprint density at radius 2 is 2.06 bits per heavy atom. The van der Waals surface area contributed by atoms with Crippen LogP contribution in [0.4, 0.5) is 0 Å². The Labute approximate surface area is 114 Å². The maximum Gasteiger partial charge on any atom is 0.271 e. The van der Waals surface area contributed by atoms with Crippen molar-refractivity contribution < 1.29 is 4.79 Å². The zero-order valence-electron chi connectivity index (χ0n) is 9.97. The summed E-state index contributed by atoms with van der Waals surface area (Å²) in [5.41, 5.74) is 0.509. The van der Waals surface area contributed by atoms with Crippen molar-refractivity contribution in [3.05, 3.63) is 28.5 Å². The van der Waals surface area contributed by atoms with Crippen molar-refractivity contribution >= 4 is 21.8 Å². The van der Waals surface area contributed by atoms with Gasteiger partial charge in [0.05, 0.1) is 0 Å². The van der Waals surface area contributed by atoms with Gasteiger partial charge in [-0.1, -0.05) is 0 Å². The number of nitrogens with one attached hydrogen (secondary N) is 1. The van der Waals surface area contributed by atoms with Gasteiger partial charge in [0, 0.05) is 16.7 Å². The van der Waals surface area contributed by atoms with Gasteiger partial charge in [-0.3, -0.25) is 4.79 Å². The van der Waals surface area contributed by atoms with E-state index in [-0.39, 0.29) is 5.91 Å². The standard InChI is InChI=1S/C14H15BrN2O/c15-9-2-1-5-16-12(9)14(18)17-13-10-7-3-4-8(6-7)11(10)13/h1-2,5,7-8,10-11,13H,3-4,6H2,(H,17,18). The van der Waals surface area contributed by atoms with E-state index >= 15 is 0 Å². The average Bonchev–Trinajstić information content (AvgIpc) is 2.77.